The van der Waals surface area contributed by atoms with Crippen LogP contribution < -0.4 is 9.47 Å². The van der Waals surface area contributed by atoms with Gasteiger partial charge in [0.2, 0.25) is 6.79 Å². The molecule has 0 amide bonds. The third-order valence-electron chi connectivity index (χ3n) is 2.47. The van der Waals surface area contributed by atoms with Crippen LogP contribution in [0.25, 0.3) is 10.9 Å². The Hall–Kier alpha value is -2.37. The first-order valence-corrected chi connectivity index (χ1v) is 4.93. The fraction of sp³-hybridized carbons (Fsp3) is 0.182. The molecule has 2 heterocycles. The quantitative estimate of drug-likeness (QED) is 0.687. The Labute approximate surface area is 96.1 Å². The van der Waals surface area contributed by atoms with Crippen LogP contribution in [-0.2, 0) is 4.74 Å². The van der Waals surface area contributed by atoms with E-state index in [0.717, 1.165) is 5.39 Å². The fourth-order valence-electron chi connectivity index (χ4n) is 1.64. The van der Waals surface area contributed by atoms with Gasteiger partial charge in [0.05, 0.1) is 12.6 Å². The number of carbonyl (C=O) groups excluding carboxylic acids is 1. The second-order valence-electron chi connectivity index (χ2n) is 3.49. The molecule has 1 aliphatic heterocycles. The van der Waals surface area contributed by atoms with Gasteiger partial charge in [-0.3, -0.25) is 0 Å². The first kappa shape index (κ1) is 9.83. The molecule has 1 aromatic carbocycles. The summed E-state index contributed by atoms with van der Waals surface area (Å²) in [5.41, 5.74) is 0.806. The van der Waals surface area contributed by atoms with Gasteiger partial charge in [0.1, 0.15) is 0 Å². The van der Waals surface area contributed by atoms with Crippen LogP contribution in [0.4, 0.5) is 0 Å². The molecule has 0 fully saturated rings. The lowest BCUT2D eigenvalue weighted by molar-refractivity contribution is 0.0593. The summed E-state index contributed by atoms with van der Waals surface area (Å²) in [6.07, 6.45) is 0. The van der Waals surface area contributed by atoms with E-state index >= 15 is 0 Å². The van der Waals surface area contributed by atoms with Crippen molar-refractivity contribution in [1.29, 1.82) is 0 Å². The van der Waals surface area contributed by atoms with E-state index in [0.29, 0.717) is 17.0 Å². The third kappa shape index (κ3) is 1.54. The van der Waals surface area contributed by atoms with Gasteiger partial charge in [-0.1, -0.05) is 0 Å². The van der Waals surface area contributed by atoms with Crippen molar-refractivity contribution < 1.29 is 19.0 Å². The van der Waals surface area contributed by atoms with E-state index in [9.17, 15) is 4.79 Å². The second-order valence-corrected chi connectivity index (χ2v) is 3.49. The highest BCUT2D eigenvalue weighted by Gasteiger charge is 2.16. The van der Waals surface area contributed by atoms with E-state index in [-0.39, 0.29) is 12.5 Å². The SMILES string of the molecule is COC(=O)c1cc2cc3c(cc2nn1)OCO3. The van der Waals surface area contributed by atoms with Crippen molar-refractivity contribution in [2.75, 3.05) is 13.9 Å². The maximum absolute atomic E-state index is 11.3. The van der Waals surface area contributed by atoms with Crippen LogP contribution >= 0.6 is 0 Å². The molecule has 2 aromatic rings. The number of hydrogen-bond donors (Lipinski definition) is 0. The van der Waals surface area contributed by atoms with Crippen molar-refractivity contribution in [3.8, 4) is 11.5 Å². The van der Waals surface area contributed by atoms with Gasteiger partial charge in [0.25, 0.3) is 0 Å². The molecule has 6 heteroatoms. The summed E-state index contributed by atoms with van der Waals surface area (Å²) >= 11 is 0. The molecular weight excluding hydrogens is 224 g/mol. The number of aromatic nitrogens is 2. The number of carbonyl (C=O) groups is 1. The van der Waals surface area contributed by atoms with E-state index in [1.807, 2.05) is 0 Å². The number of hydrogen-bond acceptors (Lipinski definition) is 6. The minimum atomic E-state index is -0.517. The Balaban J connectivity index is 2.16. The van der Waals surface area contributed by atoms with Crippen molar-refractivity contribution in [1.82, 2.24) is 10.2 Å². The molecule has 0 unspecified atom stereocenters. The van der Waals surface area contributed by atoms with Gasteiger partial charge in [-0.2, -0.15) is 0 Å². The van der Waals surface area contributed by atoms with Crippen molar-refractivity contribution in [2.45, 2.75) is 0 Å². The Kier molecular flexibility index (Phi) is 2.07. The number of rotatable bonds is 1. The van der Waals surface area contributed by atoms with Crippen LogP contribution in [0.2, 0.25) is 0 Å². The summed E-state index contributed by atoms with van der Waals surface area (Å²) in [7, 11) is 1.30. The van der Waals surface area contributed by atoms with Gasteiger partial charge in [-0.05, 0) is 12.1 Å². The Morgan fingerprint density at radius 1 is 1.24 bits per heavy atom. The summed E-state index contributed by atoms with van der Waals surface area (Å²) in [6.45, 7) is 0.197. The summed E-state index contributed by atoms with van der Waals surface area (Å²) in [6, 6.07) is 5.10. The normalized spacial score (nSPS) is 12.8. The molecule has 0 bridgehead atoms. The van der Waals surface area contributed by atoms with Gasteiger partial charge >= 0.3 is 5.97 Å². The third-order valence-corrected chi connectivity index (χ3v) is 2.47. The van der Waals surface area contributed by atoms with Crippen LogP contribution in [0.15, 0.2) is 18.2 Å². The molecule has 0 radical (unpaired) electrons. The second kappa shape index (κ2) is 3.58. The molecule has 0 saturated carbocycles. The van der Waals surface area contributed by atoms with Crippen LogP contribution in [0, 0.1) is 0 Å². The van der Waals surface area contributed by atoms with Gasteiger partial charge in [-0.15, -0.1) is 10.2 Å². The number of methoxy groups -OCH3 is 1. The van der Waals surface area contributed by atoms with Crippen LogP contribution in [0.1, 0.15) is 10.5 Å². The number of ether oxygens (including phenoxy) is 3. The Morgan fingerprint density at radius 2 is 2.00 bits per heavy atom. The maximum Gasteiger partial charge on any atom is 0.358 e. The topological polar surface area (TPSA) is 70.5 Å². The van der Waals surface area contributed by atoms with E-state index < -0.39 is 5.97 Å². The summed E-state index contributed by atoms with van der Waals surface area (Å²) < 4.78 is 15.1. The van der Waals surface area contributed by atoms with Crippen molar-refractivity contribution in [2.24, 2.45) is 0 Å². The molecule has 0 saturated heterocycles. The van der Waals surface area contributed by atoms with E-state index in [1.54, 1.807) is 18.2 Å². The maximum atomic E-state index is 11.3. The zero-order chi connectivity index (χ0) is 11.8. The monoisotopic (exact) mass is 232 g/mol. The van der Waals surface area contributed by atoms with E-state index in [4.69, 9.17) is 9.47 Å². The molecule has 1 aliphatic rings. The molecule has 3 rings (SSSR count). The minimum absolute atomic E-state index is 0.166. The van der Waals surface area contributed by atoms with Gasteiger partial charge in [-0.25, -0.2) is 4.79 Å². The van der Waals surface area contributed by atoms with E-state index in [2.05, 4.69) is 14.9 Å². The zero-order valence-corrected chi connectivity index (χ0v) is 8.97. The molecular formula is C11H8N2O4. The van der Waals surface area contributed by atoms with Gasteiger partial charge in [0, 0.05) is 11.5 Å². The first-order chi connectivity index (χ1) is 8.28. The highest BCUT2D eigenvalue weighted by atomic mass is 16.7. The van der Waals surface area contributed by atoms with Crippen LogP contribution in [-0.4, -0.2) is 30.1 Å². The largest absolute Gasteiger partial charge is 0.464 e. The lowest BCUT2D eigenvalue weighted by Crippen LogP contribution is -2.05. The number of benzene rings is 1. The highest BCUT2D eigenvalue weighted by molar-refractivity contribution is 5.92. The molecule has 6 nitrogen and oxygen atoms in total. The predicted octanol–water partition coefficient (Wildman–Crippen LogP) is 1.15. The van der Waals surface area contributed by atoms with Gasteiger partial charge in [0.15, 0.2) is 17.2 Å². The van der Waals surface area contributed by atoms with Crippen molar-refractivity contribution >= 4 is 16.9 Å². The number of nitrogens with zero attached hydrogens (tertiary/aromatic N) is 2. The molecule has 0 spiro atoms. The lowest BCUT2D eigenvalue weighted by atomic mass is 10.2. The zero-order valence-electron chi connectivity index (χ0n) is 8.97. The van der Waals surface area contributed by atoms with Crippen molar-refractivity contribution in [3.05, 3.63) is 23.9 Å². The minimum Gasteiger partial charge on any atom is -0.464 e. The standard InChI is InChI=1S/C11H8N2O4/c1-15-11(14)8-2-6-3-9-10(17-5-16-9)4-7(6)12-13-8/h2-4H,5H2,1H3. The smallest absolute Gasteiger partial charge is 0.358 e. The van der Waals surface area contributed by atoms with Crippen LogP contribution in [0.5, 0.6) is 11.5 Å². The fourth-order valence-corrected chi connectivity index (χ4v) is 1.64. The van der Waals surface area contributed by atoms with Crippen LogP contribution in [0.3, 0.4) is 0 Å². The summed E-state index contributed by atoms with van der Waals surface area (Å²) in [4.78, 5) is 11.3. The molecule has 0 aliphatic carbocycles. The first-order valence-electron chi connectivity index (χ1n) is 4.93. The van der Waals surface area contributed by atoms with Crippen molar-refractivity contribution in [3.63, 3.8) is 0 Å². The molecule has 17 heavy (non-hydrogen) atoms. The average Bonchev–Trinajstić information content (AvgIpc) is 2.81. The molecule has 0 N–H and O–H groups in total. The highest BCUT2D eigenvalue weighted by Crippen LogP contribution is 2.35. The molecule has 0 atom stereocenters. The number of fused-ring (bicyclic) bond motifs is 2. The summed E-state index contributed by atoms with van der Waals surface area (Å²) in [5, 5.41) is 8.48. The lowest BCUT2D eigenvalue weighted by Gasteiger charge is -2.01. The Morgan fingerprint density at radius 3 is 2.76 bits per heavy atom. The van der Waals surface area contributed by atoms with Gasteiger partial charge < -0.3 is 14.2 Å². The number of esters is 1. The average molecular weight is 232 g/mol. The summed E-state index contributed by atoms with van der Waals surface area (Å²) in [5.74, 6) is 0.760. The molecule has 86 valence electrons. The predicted molar refractivity (Wildman–Crippen MR) is 57.0 cm³/mol. The Bertz CT molecular complexity index is 612. The van der Waals surface area contributed by atoms with E-state index in [1.165, 1.54) is 7.11 Å². The molecule has 1 aromatic heterocycles.